The molecule has 2 aromatic rings. The Hall–Kier alpha value is -2.69. The Bertz CT molecular complexity index is 1120. The number of nitrogens with zero attached hydrogens (tertiary/aromatic N) is 1. The molecule has 198 valence electrons. The SMILES string of the molecule is COc1cc2c(cc1OC)[C@@H](COc1ccc(C(C)C)cc1)N(C(=O)C13CC4CC(CC(C4)C1)C3)CC2. The number of amides is 1. The maximum absolute atomic E-state index is 14.5. The molecule has 0 spiro atoms. The lowest BCUT2D eigenvalue weighted by Crippen LogP contribution is -2.56. The summed E-state index contributed by atoms with van der Waals surface area (Å²) < 4.78 is 17.7. The Morgan fingerprint density at radius 3 is 2.11 bits per heavy atom. The van der Waals surface area contributed by atoms with Crippen molar-refractivity contribution in [1.82, 2.24) is 4.90 Å². The van der Waals surface area contributed by atoms with Crippen LogP contribution in [-0.2, 0) is 11.2 Å². The lowest BCUT2D eigenvalue weighted by Gasteiger charge is -2.57. The summed E-state index contributed by atoms with van der Waals surface area (Å²) in [6.07, 6.45) is 8.08. The van der Waals surface area contributed by atoms with Crippen LogP contribution in [-0.4, -0.2) is 38.2 Å². The van der Waals surface area contributed by atoms with E-state index in [0.717, 1.165) is 67.0 Å². The average Bonchev–Trinajstić information content (AvgIpc) is 2.89. The number of fused-ring (bicyclic) bond motifs is 1. The van der Waals surface area contributed by atoms with Gasteiger partial charge in [-0.15, -0.1) is 0 Å². The highest BCUT2D eigenvalue weighted by molar-refractivity contribution is 5.84. The zero-order valence-electron chi connectivity index (χ0n) is 22.8. The number of hydrogen-bond acceptors (Lipinski definition) is 4. The van der Waals surface area contributed by atoms with Gasteiger partial charge in [0.2, 0.25) is 5.91 Å². The van der Waals surface area contributed by atoms with Crippen LogP contribution in [0.1, 0.15) is 81.0 Å². The standard InChI is InChI=1S/C32H41NO4/c1-20(2)24-5-7-26(8-6-24)37-19-28-27-15-30(36-4)29(35-3)14-25(27)9-10-33(28)31(34)32-16-21-11-22(17-32)13-23(12-21)18-32/h5-8,14-15,20-23,28H,9-13,16-19H2,1-4H3/t21?,22?,23?,28-,32?/m1/s1. The van der Waals surface area contributed by atoms with Crippen LogP contribution in [0.25, 0.3) is 0 Å². The third kappa shape index (κ3) is 4.38. The third-order valence-corrected chi connectivity index (χ3v) is 9.71. The van der Waals surface area contributed by atoms with Crippen LogP contribution in [0, 0.1) is 23.2 Å². The molecule has 0 radical (unpaired) electrons. The Morgan fingerprint density at radius 1 is 0.946 bits per heavy atom. The highest BCUT2D eigenvalue weighted by Gasteiger charge is 2.56. The van der Waals surface area contributed by atoms with Crippen molar-refractivity contribution >= 4 is 5.91 Å². The second kappa shape index (κ2) is 9.56. The van der Waals surface area contributed by atoms with E-state index in [1.807, 2.05) is 0 Å². The van der Waals surface area contributed by atoms with Crippen LogP contribution in [0.5, 0.6) is 17.2 Å². The summed E-state index contributed by atoms with van der Waals surface area (Å²) in [4.78, 5) is 16.7. The molecule has 4 fully saturated rings. The summed E-state index contributed by atoms with van der Waals surface area (Å²) in [6, 6.07) is 12.4. The fourth-order valence-electron chi connectivity index (χ4n) is 8.25. The van der Waals surface area contributed by atoms with Gasteiger partial charge in [0.15, 0.2) is 11.5 Å². The highest BCUT2D eigenvalue weighted by Crippen LogP contribution is 2.61. The van der Waals surface area contributed by atoms with E-state index in [4.69, 9.17) is 14.2 Å². The van der Waals surface area contributed by atoms with Crippen LogP contribution in [0.3, 0.4) is 0 Å². The van der Waals surface area contributed by atoms with Crippen molar-refractivity contribution in [1.29, 1.82) is 0 Å². The Kier molecular flexibility index (Phi) is 6.37. The van der Waals surface area contributed by atoms with Gasteiger partial charge in [0.1, 0.15) is 12.4 Å². The minimum atomic E-state index is -0.167. The molecule has 1 amide bonds. The molecule has 5 nitrogen and oxygen atoms in total. The predicted molar refractivity (Wildman–Crippen MR) is 144 cm³/mol. The molecular formula is C32H41NO4. The molecule has 1 atom stereocenters. The van der Waals surface area contributed by atoms with E-state index in [0.29, 0.717) is 24.2 Å². The van der Waals surface area contributed by atoms with Gasteiger partial charge in [-0.05, 0) is 110 Å². The van der Waals surface area contributed by atoms with Crippen LogP contribution < -0.4 is 14.2 Å². The van der Waals surface area contributed by atoms with Crippen molar-refractivity contribution in [2.45, 2.75) is 70.8 Å². The molecule has 0 unspecified atom stereocenters. The molecule has 2 aromatic carbocycles. The van der Waals surface area contributed by atoms with Crippen molar-refractivity contribution in [3.8, 4) is 17.2 Å². The van der Waals surface area contributed by atoms with Gasteiger partial charge in [-0.2, -0.15) is 0 Å². The van der Waals surface area contributed by atoms with Crippen molar-refractivity contribution in [2.75, 3.05) is 27.4 Å². The summed E-state index contributed by atoms with van der Waals surface area (Å²) in [7, 11) is 3.35. The van der Waals surface area contributed by atoms with E-state index >= 15 is 0 Å². The Morgan fingerprint density at radius 2 is 1.54 bits per heavy atom. The van der Waals surface area contributed by atoms with Gasteiger partial charge in [0.05, 0.1) is 25.7 Å². The average molecular weight is 504 g/mol. The maximum Gasteiger partial charge on any atom is 0.229 e. The van der Waals surface area contributed by atoms with E-state index in [1.54, 1.807) is 14.2 Å². The molecule has 4 bridgehead atoms. The van der Waals surface area contributed by atoms with E-state index in [2.05, 4.69) is 55.1 Å². The quantitative estimate of drug-likeness (QED) is 0.430. The van der Waals surface area contributed by atoms with Crippen LogP contribution >= 0.6 is 0 Å². The van der Waals surface area contributed by atoms with Gasteiger partial charge < -0.3 is 19.1 Å². The summed E-state index contributed by atoms with van der Waals surface area (Å²) >= 11 is 0. The summed E-state index contributed by atoms with van der Waals surface area (Å²) in [6.45, 7) is 5.56. The van der Waals surface area contributed by atoms with Gasteiger partial charge in [-0.25, -0.2) is 0 Å². The number of benzene rings is 2. The zero-order chi connectivity index (χ0) is 25.7. The molecule has 37 heavy (non-hydrogen) atoms. The summed E-state index contributed by atoms with van der Waals surface area (Å²) in [5, 5.41) is 0. The molecule has 5 aliphatic rings. The molecule has 1 heterocycles. The normalized spacial score (nSPS) is 29.8. The van der Waals surface area contributed by atoms with Crippen LogP contribution in [0.4, 0.5) is 0 Å². The number of hydrogen-bond donors (Lipinski definition) is 0. The van der Waals surface area contributed by atoms with Gasteiger partial charge in [-0.3, -0.25) is 4.79 Å². The number of carbonyl (C=O) groups is 1. The van der Waals surface area contributed by atoms with Crippen molar-refractivity contribution in [3.63, 3.8) is 0 Å². The maximum atomic E-state index is 14.5. The number of rotatable bonds is 7. The van der Waals surface area contributed by atoms with Gasteiger partial charge in [-0.1, -0.05) is 26.0 Å². The number of ether oxygens (including phenoxy) is 3. The molecule has 0 saturated heterocycles. The second-order valence-corrected chi connectivity index (χ2v) is 12.4. The minimum absolute atomic E-state index is 0.145. The smallest absolute Gasteiger partial charge is 0.229 e. The topological polar surface area (TPSA) is 48.0 Å². The fraction of sp³-hybridized carbons (Fsp3) is 0.594. The first kappa shape index (κ1) is 24.6. The zero-order valence-corrected chi connectivity index (χ0v) is 22.8. The fourth-order valence-corrected chi connectivity index (χ4v) is 8.25. The van der Waals surface area contributed by atoms with E-state index in [1.165, 1.54) is 30.4 Å². The van der Waals surface area contributed by atoms with E-state index in [-0.39, 0.29) is 11.5 Å². The first-order valence-electron chi connectivity index (χ1n) is 14.2. The third-order valence-electron chi connectivity index (χ3n) is 9.71. The van der Waals surface area contributed by atoms with Crippen LogP contribution in [0.2, 0.25) is 0 Å². The second-order valence-electron chi connectivity index (χ2n) is 12.4. The molecule has 5 heteroatoms. The largest absolute Gasteiger partial charge is 0.493 e. The first-order valence-corrected chi connectivity index (χ1v) is 14.2. The molecule has 7 rings (SSSR count). The molecule has 0 N–H and O–H groups in total. The molecular weight excluding hydrogens is 462 g/mol. The van der Waals surface area contributed by atoms with Crippen molar-refractivity contribution in [3.05, 3.63) is 53.1 Å². The summed E-state index contributed by atoms with van der Waals surface area (Å²) in [5.41, 5.74) is 3.47. The van der Waals surface area contributed by atoms with E-state index in [9.17, 15) is 4.79 Å². The molecule has 4 saturated carbocycles. The first-order chi connectivity index (χ1) is 17.9. The monoisotopic (exact) mass is 503 g/mol. The Labute approximate surface area is 221 Å². The van der Waals surface area contributed by atoms with Crippen molar-refractivity contribution < 1.29 is 19.0 Å². The lowest BCUT2D eigenvalue weighted by atomic mass is 9.49. The molecule has 1 aliphatic heterocycles. The highest BCUT2D eigenvalue weighted by atomic mass is 16.5. The minimum Gasteiger partial charge on any atom is -0.493 e. The van der Waals surface area contributed by atoms with Gasteiger partial charge in [0.25, 0.3) is 0 Å². The van der Waals surface area contributed by atoms with Crippen LogP contribution in [0.15, 0.2) is 36.4 Å². The molecule has 4 aliphatic carbocycles. The lowest BCUT2D eigenvalue weighted by molar-refractivity contribution is -0.161. The summed E-state index contributed by atoms with van der Waals surface area (Å²) in [5.74, 6) is 5.37. The number of carbonyl (C=O) groups excluding carboxylic acids is 1. The number of methoxy groups -OCH3 is 2. The van der Waals surface area contributed by atoms with Gasteiger partial charge in [0, 0.05) is 6.54 Å². The van der Waals surface area contributed by atoms with Crippen molar-refractivity contribution in [2.24, 2.45) is 23.2 Å². The molecule has 0 aromatic heterocycles. The van der Waals surface area contributed by atoms with E-state index < -0.39 is 0 Å². The van der Waals surface area contributed by atoms with Gasteiger partial charge >= 0.3 is 0 Å². The Balaban J connectivity index is 1.32. The predicted octanol–water partition coefficient (Wildman–Crippen LogP) is 6.55.